The summed E-state index contributed by atoms with van der Waals surface area (Å²) in [6, 6.07) is 0. The van der Waals surface area contributed by atoms with Gasteiger partial charge in [-0.1, -0.05) is 71.9 Å². The molecule has 128 valence electrons. The predicted molar refractivity (Wildman–Crippen MR) is 92.5 cm³/mol. The number of hydrogen-bond donors (Lipinski definition) is 0. The van der Waals surface area contributed by atoms with Crippen LogP contribution in [0.15, 0.2) is 83.1 Å². The van der Waals surface area contributed by atoms with Crippen molar-refractivity contribution in [3.63, 3.8) is 0 Å². The summed E-state index contributed by atoms with van der Waals surface area (Å²) in [5.41, 5.74) is 2.26. The predicted octanol–water partition coefficient (Wildman–Crippen LogP) is -4.05. The summed E-state index contributed by atoms with van der Waals surface area (Å²) >= 11 is 0. The molecule has 0 bridgehead atoms. The van der Waals surface area contributed by atoms with Gasteiger partial charge in [-0.25, -0.2) is 0 Å². The Morgan fingerprint density at radius 3 is 1.15 bits per heavy atom. The van der Waals surface area contributed by atoms with Crippen LogP contribution in [0.1, 0.15) is 27.7 Å². The molecular formula is C20H22Na2O4. The normalized spacial score (nSPS) is 13.8. The van der Waals surface area contributed by atoms with E-state index >= 15 is 0 Å². The Morgan fingerprint density at radius 2 is 0.885 bits per heavy atom. The first-order chi connectivity index (χ1) is 11.2. The SMILES string of the molecule is CC(C=CC=C(C)C(=O)[O-])=CC=CC=C(C)C=CC=C(C)C(=O)[O-].[Na+].[Na+]. The van der Waals surface area contributed by atoms with Crippen molar-refractivity contribution in [1.29, 1.82) is 0 Å². The summed E-state index contributed by atoms with van der Waals surface area (Å²) in [4.78, 5) is 21.0. The second-order valence-corrected chi connectivity index (χ2v) is 5.20. The second kappa shape index (κ2) is 17.5. The molecule has 0 aliphatic rings. The van der Waals surface area contributed by atoms with E-state index in [1.165, 1.54) is 26.0 Å². The van der Waals surface area contributed by atoms with E-state index in [4.69, 9.17) is 0 Å². The fourth-order valence-electron chi connectivity index (χ4n) is 1.35. The number of hydrogen-bond acceptors (Lipinski definition) is 4. The van der Waals surface area contributed by atoms with Gasteiger partial charge in [0.25, 0.3) is 0 Å². The molecule has 0 radical (unpaired) electrons. The van der Waals surface area contributed by atoms with E-state index in [1.54, 1.807) is 24.3 Å². The van der Waals surface area contributed by atoms with Gasteiger partial charge < -0.3 is 19.8 Å². The molecule has 0 aromatic carbocycles. The monoisotopic (exact) mass is 372 g/mol. The third-order valence-electron chi connectivity index (χ3n) is 2.88. The molecule has 0 saturated carbocycles. The second-order valence-electron chi connectivity index (χ2n) is 5.20. The van der Waals surface area contributed by atoms with Crippen molar-refractivity contribution < 1.29 is 78.9 Å². The van der Waals surface area contributed by atoms with Gasteiger partial charge in [0.05, 0.1) is 11.9 Å². The van der Waals surface area contributed by atoms with E-state index in [-0.39, 0.29) is 70.3 Å². The van der Waals surface area contributed by atoms with E-state index in [9.17, 15) is 19.8 Å². The smallest absolute Gasteiger partial charge is 0.545 e. The Hall–Kier alpha value is -0.880. The molecule has 6 heteroatoms. The maximum Gasteiger partial charge on any atom is 1.00 e. The summed E-state index contributed by atoms with van der Waals surface area (Å²) in [5, 5.41) is 21.0. The molecule has 0 aliphatic carbocycles. The third kappa shape index (κ3) is 16.6. The number of allylic oxidation sites excluding steroid dienone is 12. The Labute approximate surface area is 200 Å². The Balaban J connectivity index is -0.00000264. The van der Waals surface area contributed by atoms with Crippen molar-refractivity contribution in [2.24, 2.45) is 0 Å². The van der Waals surface area contributed by atoms with E-state index in [2.05, 4.69) is 0 Å². The third-order valence-corrected chi connectivity index (χ3v) is 2.88. The van der Waals surface area contributed by atoms with Crippen LogP contribution in [0.3, 0.4) is 0 Å². The van der Waals surface area contributed by atoms with Crippen molar-refractivity contribution >= 4 is 11.9 Å². The molecule has 0 aliphatic heterocycles. The van der Waals surface area contributed by atoms with Gasteiger partial charge >= 0.3 is 59.1 Å². The molecule has 4 nitrogen and oxygen atoms in total. The summed E-state index contributed by atoms with van der Waals surface area (Å²) < 4.78 is 0. The molecule has 0 unspecified atom stereocenters. The molecule has 0 saturated heterocycles. The van der Waals surface area contributed by atoms with Gasteiger partial charge in [0.15, 0.2) is 0 Å². The summed E-state index contributed by atoms with van der Waals surface area (Å²) in [7, 11) is 0. The van der Waals surface area contributed by atoms with Crippen molar-refractivity contribution in [3.05, 3.63) is 83.1 Å². The van der Waals surface area contributed by atoms with Crippen LogP contribution in [0.4, 0.5) is 0 Å². The first-order valence-electron chi connectivity index (χ1n) is 7.38. The minimum atomic E-state index is -1.18. The first kappa shape index (κ1) is 29.9. The van der Waals surface area contributed by atoms with Gasteiger partial charge in [-0.2, -0.15) is 0 Å². The maximum atomic E-state index is 10.5. The van der Waals surface area contributed by atoms with Gasteiger partial charge in [0, 0.05) is 0 Å². The van der Waals surface area contributed by atoms with E-state index in [0.29, 0.717) is 0 Å². The number of carboxylic acids is 2. The average molecular weight is 372 g/mol. The van der Waals surface area contributed by atoms with Gasteiger partial charge in [0.2, 0.25) is 0 Å². The van der Waals surface area contributed by atoms with Gasteiger partial charge in [-0.05, 0) is 38.8 Å². The van der Waals surface area contributed by atoms with Crippen molar-refractivity contribution in [2.45, 2.75) is 27.7 Å². The van der Waals surface area contributed by atoms with Crippen LogP contribution in [0, 0.1) is 0 Å². The van der Waals surface area contributed by atoms with Gasteiger partial charge in [-0.3, -0.25) is 0 Å². The van der Waals surface area contributed by atoms with Crippen LogP contribution in [0.25, 0.3) is 0 Å². The molecule has 0 rings (SSSR count). The molecule has 26 heavy (non-hydrogen) atoms. The molecular weight excluding hydrogens is 350 g/mol. The summed E-state index contributed by atoms with van der Waals surface area (Å²) in [5.74, 6) is -2.36. The largest absolute Gasteiger partial charge is 1.00 e. The molecule has 0 aromatic heterocycles. The number of carboxylic acid groups (broad SMARTS) is 2. The topological polar surface area (TPSA) is 80.3 Å². The van der Waals surface area contributed by atoms with E-state index < -0.39 is 11.9 Å². The minimum absolute atomic E-state index is 0. The first-order valence-corrected chi connectivity index (χ1v) is 7.38. The molecule has 0 spiro atoms. The summed E-state index contributed by atoms with van der Waals surface area (Å²) in [6.45, 7) is 6.74. The van der Waals surface area contributed by atoms with Crippen LogP contribution >= 0.6 is 0 Å². The van der Waals surface area contributed by atoms with Crippen molar-refractivity contribution in [3.8, 4) is 0 Å². The number of carbonyl (C=O) groups is 2. The average Bonchev–Trinajstić information content (AvgIpc) is 2.51. The van der Waals surface area contributed by atoms with E-state index in [1.807, 2.05) is 38.2 Å². The fourth-order valence-corrected chi connectivity index (χ4v) is 1.35. The fraction of sp³-hybridized carbons (Fsp3) is 0.200. The Kier molecular flexibility index (Phi) is 20.1. The van der Waals surface area contributed by atoms with Crippen LogP contribution in [-0.2, 0) is 9.59 Å². The molecule has 0 N–H and O–H groups in total. The minimum Gasteiger partial charge on any atom is -0.545 e. The zero-order valence-electron chi connectivity index (χ0n) is 16.4. The molecule has 0 aromatic rings. The van der Waals surface area contributed by atoms with Gasteiger partial charge in [-0.15, -0.1) is 0 Å². The molecule has 0 fully saturated rings. The number of carbonyl (C=O) groups excluding carboxylic acids is 2. The number of aliphatic carboxylic acids is 2. The number of rotatable bonds is 8. The van der Waals surface area contributed by atoms with Crippen LogP contribution in [-0.4, -0.2) is 11.9 Å². The zero-order chi connectivity index (χ0) is 18.5. The maximum absolute atomic E-state index is 10.5. The molecule has 0 amide bonds. The Bertz CT molecular complexity index is 618. The van der Waals surface area contributed by atoms with Gasteiger partial charge in [0.1, 0.15) is 0 Å². The standard InChI is InChI=1S/C20H24O4.2Na/c1-15(11-7-13-17(3)19(21)22)9-5-6-10-16(2)12-8-14-18(4)20(23)24;;/h5-14H,1-4H3,(H,21,22)(H,23,24);;/q;2*+1/p-2. The van der Waals surface area contributed by atoms with Crippen molar-refractivity contribution in [2.75, 3.05) is 0 Å². The zero-order valence-corrected chi connectivity index (χ0v) is 20.4. The van der Waals surface area contributed by atoms with Crippen molar-refractivity contribution in [1.82, 2.24) is 0 Å². The molecule has 0 heterocycles. The summed E-state index contributed by atoms with van der Waals surface area (Å²) in [6.07, 6.45) is 17.3. The quantitative estimate of drug-likeness (QED) is 0.247. The van der Waals surface area contributed by atoms with Crippen LogP contribution in [0.5, 0.6) is 0 Å². The van der Waals surface area contributed by atoms with Crippen LogP contribution < -0.4 is 69.3 Å². The van der Waals surface area contributed by atoms with E-state index in [0.717, 1.165) is 11.1 Å². The Morgan fingerprint density at radius 1 is 0.577 bits per heavy atom. The molecule has 0 atom stereocenters. The van der Waals surface area contributed by atoms with Crippen LogP contribution in [0.2, 0.25) is 0 Å².